The lowest BCUT2D eigenvalue weighted by atomic mass is 9.98. The Balaban J connectivity index is 1.38. The Morgan fingerprint density at radius 2 is 1.72 bits per heavy atom. The van der Waals surface area contributed by atoms with E-state index in [2.05, 4.69) is 41.0 Å². The van der Waals surface area contributed by atoms with Crippen LogP contribution in [0.1, 0.15) is 37.8 Å². The number of unbranched alkanes of at least 4 members (excludes halogenated alkanes) is 1. The van der Waals surface area contributed by atoms with Crippen molar-refractivity contribution in [1.29, 1.82) is 0 Å². The summed E-state index contributed by atoms with van der Waals surface area (Å²) < 4.78 is 17.5. The number of methoxy groups -OCH3 is 1. The topological polar surface area (TPSA) is 34.2 Å². The molecule has 5 heteroatoms. The molecule has 0 aromatic heterocycles. The fourth-order valence-corrected chi connectivity index (χ4v) is 4.31. The molecule has 29 heavy (non-hydrogen) atoms. The van der Waals surface area contributed by atoms with Crippen LogP contribution in [0.3, 0.4) is 0 Å². The third-order valence-corrected chi connectivity index (χ3v) is 6.02. The van der Waals surface area contributed by atoms with Gasteiger partial charge in [0.2, 0.25) is 0 Å². The largest absolute Gasteiger partial charge is 0.497 e. The summed E-state index contributed by atoms with van der Waals surface area (Å²) in [6, 6.07) is 17.0. The zero-order valence-corrected chi connectivity index (χ0v) is 17.5. The van der Waals surface area contributed by atoms with Crippen LogP contribution in [0.5, 0.6) is 17.2 Å². The van der Waals surface area contributed by atoms with Crippen LogP contribution in [-0.4, -0.2) is 55.9 Å². The molecule has 2 unspecified atom stereocenters. The van der Waals surface area contributed by atoms with Crippen molar-refractivity contribution in [2.45, 2.75) is 38.5 Å². The first-order chi connectivity index (χ1) is 14.3. The SMILES string of the molecule is CCCCC(c1ccc(OC)cc1)N1CCN(C2COc3ccccc3O2)CC1. The van der Waals surface area contributed by atoms with E-state index in [1.807, 2.05) is 24.3 Å². The van der Waals surface area contributed by atoms with Crippen molar-refractivity contribution in [2.75, 3.05) is 39.9 Å². The Morgan fingerprint density at radius 1 is 1.00 bits per heavy atom. The van der Waals surface area contributed by atoms with Gasteiger partial charge in [0.25, 0.3) is 0 Å². The van der Waals surface area contributed by atoms with Crippen molar-refractivity contribution in [1.82, 2.24) is 9.80 Å². The summed E-state index contributed by atoms with van der Waals surface area (Å²) in [5.74, 6) is 2.62. The predicted molar refractivity (Wildman–Crippen MR) is 115 cm³/mol. The van der Waals surface area contributed by atoms with E-state index in [9.17, 15) is 0 Å². The van der Waals surface area contributed by atoms with Gasteiger partial charge in [-0.05, 0) is 36.2 Å². The van der Waals surface area contributed by atoms with E-state index in [0.29, 0.717) is 12.6 Å². The highest BCUT2D eigenvalue weighted by Crippen LogP contribution is 2.33. The number of nitrogens with zero attached hydrogens (tertiary/aromatic N) is 2. The van der Waals surface area contributed by atoms with Crippen molar-refractivity contribution < 1.29 is 14.2 Å². The molecular weight excluding hydrogens is 364 g/mol. The summed E-state index contributed by atoms with van der Waals surface area (Å²) in [7, 11) is 1.72. The van der Waals surface area contributed by atoms with Crippen LogP contribution < -0.4 is 14.2 Å². The van der Waals surface area contributed by atoms with Gasteiger partial charge in [0.05, 0.1) is 7.11 Å². The molecule has 0 radical (unpaired) electrons. The molecule has 1 fully saturated rings. The summed E-state index contributed by atoms with van der Waals surface area (Å²) >= 11 is 0. The maximum Gasteiger partial charge on any atom is 0.187 e. The van der Waals surface area contributed by atoms with E-state index in [1.165, 1.54) is 24.8 Å². The number of hydrogen-bond acceptors (Lipinski definition) is 5. The van der Waals surface area contributed by atoms with E-state index in [-0.39, 0.29) is 6.23 Å². The zero-order chi connectivity index (χ0) is 20.1. The van der Waals surface area contributed by atoms with Crippen LogP contribution in [-0.2, 0) is 0 Å². The lowest BCUT2D eigenvalue weighted by molar-refractivity contribution is -0.0551. The Kier molecular flexibility index (Phi) is 6.57. The fraction of sp³-hybridized carbons (Fsp3) is 0.500. The molecule has 2 atom stereocenters. The molecular formula is C24H32N2O3. The van der Waals surface area contributed by atoms with Gasteiger partial charge in [0.1, 0.15) is 12.4 Å². The van der Waals surface area contributed by atoms with Gasteiger partial charge >= 0.3 is 0 Å². The molecule has 1 saturated heterocycles. The number of para-hydroxylation sites is 2. The van der Waals surface area contributed by atoms with Crippen LogP contribution >= 0.6 is 0 Å². The number of hydrogen-bond donors (Lipinski definition) is 0. The molecule has 2 heterocycles. The van der Waals surface area contributed by atoms with Gasteiger partial charge in [0.15, 0.2) is 17.7 Å². The highest BCUT2D eigenvalue weighted by atomic mass is 16.6. The molecule has 5 nitrogen and oxygen atoms in total. The third-order valence-electron chi connectivity index (χ3n) is 6.02. The lowest BCUT2D eigenvalue weighted by Crippen LogP contribution is -2.55. The Labute approximate surface area is 174 Å². The van der Waals surface area contributed by atoms with Crippen LogP contribution in [0.25, 0.3) is 0 Å². The van der Waals surface area contributed by atoms with Crippen LogP contribution in [0.2, 0.25) is 0 Å². The van der Waals surface area contributed by atoms with E-state index in [4.69, 9.17) is 14.2 Å². The number of rotatable bonds is 7. The van der Waals surface area contributed by atoms with E-state index in [0.717, 1.165) is 43.4 Å². The molecule has 0 N–H and O–H groups in total. The molecule has 2 aromatic carbocycles. The molecule has 4 rings (SSSR count). The highest BCUT2D eigenvalue weighted by Gasteiger charge is 2.31. The molecule has 0 saturated carbocycles. The summed E-state index contributed by atoms with van der Waals surface area (Å²) in [4.78, 5) is 5.04. The molecule has 0 spiro atoms. The summed E-state index contributed by atoms with van der Waals surface area (Å²) in [6.07, 6.45) is 3.66. The molecule has 156 valence electrons. The first-order valence-electron chi connectivity index (χ1n) is 10.8. The van der Waals surface area contributed by atoms with Gasteiger partial charge in [-0.2, -0.15) is 0 Å². The van der Waals surface area contributed by atoms with Crippen molar-refractivity contribution >= 4 is 0 Å². The first-order valence-corrected chi connectivity index (χ1v) is 10.8. The molecule has 2 aliphatic rings. The number of ether oxygens (including phenoxy) is 3. The van der Waals surface area contributed by atoms with Crippen molar-refractivity contribution in [3.63, 3.8) is 0 Å². The second kappa shape index (κ2) is 9.51. The van der Waals surface area contributed by atoms with Gasteiger partial charge < -0.3 is 14.2 Å². The Hall–Kier alpha value is -2.24. The number of piperazine rings is 1. The third kappa shape index (κ3) is 4.68. The van der Waals surface area contributed by atoms with E-state index < -0.39 is 0 Å². The minimum Gasteiger partial charge on any atom is -0.497 e. The normalized spacial score (nSPS) is 21.0. The number of benzene rings is 2. The van der Waals surface area contributed by atoms with Crippen molar-refractivity contribution in [2.24, 2.45) is 0 Å². The quantitative estimate of drug-likeness (QED) is 0.695. The molecule has 2 aromatic rings. The average molecular weight is 397 g/mol. The highest BCUT2D eigenvalue weighted by molar-refractivity contribution is 5.40. The van der Waals surface area contributed by atoms with Crippen molar-refractivity contribution in [3.8, 4) is 17.2 Å². The first kappa shape index (κ1) is 20.0. The smallest absolute Gasteiger partial charge is 0.187 e. The van der Waals surface area contributed by atoms with Gasteiger partial charge in [0, 0.05) is 32.2 Å². The minimum absolute atomic E-state index is 0.00197. The second-order valence-corrected chi connectivity index (χ2v) is 7.83. The summed E-state index contributed by atoms with van der Waals surface area (Å²) in [5.41, 5.74) is 1.39. The zero-order valence-electron chi connectivity index (χ0n) is 17.5. The molecule has 0 bridgehead atoms. The van der Waals surface area contributed by atoms with Crippen LogP contribution in [0.4, 0.5) is 0 Å². The standard InChI is InChI=1S/C24H32N2O3/c1-3-4-7-21(19-10-12-20(27-2)13-11-19)25-14-16-26(17-15-25)24-18-28-22-8-5-6-9-23(22)29-24/h5-6,8-13,21,24H,3-4,7,14-18H2,1-2H3. The van der Waals surface area contributed by atoms with Crippen LogP contribution in [0, 0.1) is 0 Å². The van der Waals surface area contributed by atoms with Gasteiger partial charge in [-0.15, -0.1) is 0 Å². The maximum atomic E-state index is 6.21. The van der Waals surface area contributed by atoms with E-state index >= 15 is 0 Å². The lowest BCUT2D eigenvalue weighted by Gasteiger charge is -2.43. The Bertz CT molecular complexity index is 772. The second-order valence-electron chi connectivity index (χ2n) is 7.83. The van der Waals surface area contributed by atoms with E-state index in [1.54, 1.807) is 7.11 Å². The summed E-state index contributed by atoms with van der Waals surface area (Å²) in [6.45, 7) is 6.93. The average Bonchev–Trinajstić information content (AvgIpc) is 2.80. The maximum absolute atomic E-state index is 6.21. The monoisotopic (exact) mass is 396 g/mol. The Morgan fingerprint density at radius 3 is 2.41 bits per heavy atom. The van der Waals surface area contributed by atoms with Gasteiger partial charge in [-0.1, -0.05) is 44.0 Å². The molecule has 0 amide bonds. The molecule has 2 aliphatic heterocycles. The fourth-order valence-electron chi connectivity index (χ4n) is 4.31. The van der Waals surface area contributed by atoms with Crippen LogP contribution in [0.15, 0.2) is 48.5 Å². The number of fused-ring (bicyclic) bond motifs is 1. The predicted octanol–water partition coefficient (Wildman–Crippen LogP) is 4.34. The minimum atomic E-state index is 0.00197. The van der Waals surface area contributed by atoms with Gasteiger partial charge in [-0.3, -0.25) is 9.80 Å². The van der Waals surface area contributed by atoms with Crippen molar-refractivity contribution in [3.05, 3.63) is 54.1 Å². The summed E-state index contributed by atoms with van der Waals surface area (Å²) in [5, 5.41) is 0. The molecule has 0 aliphatic carbocycles. The van der Waals surface area contributed by atoms with Gasteiger partial charge in [-0.25, -0.2) is 0 Å².